The minimum atomic E-state index is 0.687. The molecule has 1 saturated carbocycles. The third kappa shape index (κ3) is 2.05. The Morgan fingerprint density at radius 2 is 2.19 bits per heavy atom. The SMILES string of the molecule is Cc1ccncc1N1CCC(NC2CC2)C1. The second kappa shape index (κ2) is 4.06. The van der Waals surface area contributed by atoms with E-state index in [1.54, 1.807) is 0 Å². The number of hydrogen-bond acceptors (Lipinski definition) is 3. The van der Waals surface area contributed by atoms with Crippen LogP contribution in [0.25, 0.3) is 0 Å². The van der Waals surface area contributed by atoms with E-state index in [1.807, 2.05) is 12.4 Å². The second-order valence-corrected chi connectivity index (χ2v) is 5.03. The molecule has 2 aliphatic rings. The lowest BCUT2D eigenvalue weighted by Gasteiger charge is -2.20. The summed E-state index contributed by atoms with van der Waals surface area (Å²) in [7, 11) is 0. The van der Waals surface area contributed by atoms with Gasteiger partial charge in [-0.3, -0.25) is 4.98 Å². The molecule has 0 radical (unpaired) electrons. The quantitative estimate of drug-likeness (QED) is 0.835. The molecule has 0 spiro atoms. The molecule has 1 aromatic heterocycles. The summed E-state index contributed by atoms with van der Waals surface area (Å²) in [6.07, 6.45) is 7.89. The van der Waals surface area contributed by atoms with Crippen molar-refractivity contribution >= 4 is 5.69 Å². The highest BCUT2D eigenvalue weighted by Crippen LogP contribution is 2.25. The highest BCUT2D eigenvalue weighted by molar-refractivity contribution is 5.51. The van der Waals surface area contributed by atoms with Crippen molar-refractivity contribution in [3.05, 3.63) is 24.0 Å². The van der Waals surface area contributed by atoms with E-state index in [0.717, 1.165) is 19.1 Å². The first-order valence-corrected chi connectivity index (χ1v) is 6.24. The summed E-state index contributed by atoms with van der Waals surface area (Å²) in [5, 5.41) is 3.71. The zero-order valence-electron chi connectivity index (χ0n) is 9.82. The zero-order valence-corrected chi connectivity index (χ0v) is 9.82. The predicted octanol–water partition coefficient (Wildman–Crippen LogP) is 1.72. The molecule has 1 N–H and O–H groups in total. The molecule has 3 rings (SSSR count). The summed E-state index contributed by atoms with van der Waals surface area (Å²) in [5.74, 6) is 0. The van der Waals surface area contributed by atoms with Crippen molar-refractivity contribution in [2.75, 3.05) is 18.0 Å². The Hall–Kier alpha value is -1.09. The van der Waals surface area contributed by atoms with Crippen LogP contribution in [0.4, 0.5) is 5.69 Å². The van der Waals surface area contributed by atoms with Crippen LogP contribution in [0.15, 0.2) is 18.5 Å². The van der Waals surface area contributed by atoms with Gasteiger partial charge in [0.05, 0.1) is 11.9 Å². The van der Waals surface area contributed by atoms with Gasteiger partial charge in [-0.2, -0.15) is 0 Å². The maximum absolute atomic E-state index is 4.23. The highest BCUT2D eigenvalue weighted by atomic mass is 15.2. The average molecular weight is 217 g/mol. The number of nitrogens with one attached hydrogen (secondary N) is 1. The smallest absolute Gasteiger partial charge is 0.0582 e. The van der Waals surface area contributed by atoms with Crippen molar-refractivity contribution in [2.24, 2.45) is 0 Å². The number of aromatic nitrogens is 1. The van der Waals surface area contributed by atoms with Gasteiger partial charge in [-0.25, -0.2) is 0 Å². The van der Waals surface area contributed by atoms with E-state index in [4.69, 9.17) is 0 Å². The third-order valence-corrected chi connectivity index (χ3v) is 3.59. The van der Waals surface area contributed by atoms with Crippen LogP contribution in [0.2, 0.25) is 0 Å². The molecule has 3 heteroatoms. The Bertz CT molecular complexity index is 373. The first kappa shape index (κ1) is 10.1. The lowest BCUT2D eigenvalue weighted by atomic mass is 10.2. The highest BCUT2D eigenvalue weighted by Gasteiger charge is 2.29. The number of rotatable bonds is 3. The molecule has 0 aromatic carbocycles. The Morgan fingerprint density at radius 1 is 1.31 bits per heavy atom. The maximum Gasteiger partial charge on any atom is 0.0582 e. The van der Waals surface area contributed by atoms with Gasteiger partial charge in [-0.1, -0.05) is 0 Å². The van der Waals surface area contributed by atoms with Gasteiger partial charge in [-0.05, 0) is 37.8 Å². The van der Waals surface area contributed by atoms with Crippen LogP contribution >= 0.6 is 0 Å². The van der Waals surface area contributed by atoms with Crippen molar-refractivity contribution in [3.63, 3.8) is 0 Å². The van der Waals surface area contributed by atoms with Crippen molar-refractivity contribution in [3.8, 4) is 0 Å². The maximum atomic E-state index is 4.23. The van der Waals surface area contributed by atoms with E-state index in [2.05, 4.69) is 28.2 Å². The first-order valence-electron chi connectivity index (χ1n) is 6.24. The minimum Gasteiger partial charge on any atom is -0.368 e. The van der Waals surface area contributed by atoms with Gasteiger partial charge < -0.3 is 10.2 Å². The topological polar surface area (TPSA) is 28.2 Å². The summed E-state index contributed by atoms with van der Waals surface area (Å²) in [6, 6.07) is 3.60. The molecule has 1 aromatic rings. The van der Waals surface area contributed by atoms with Crippen LogP contribution in [0.5, 0.6) is 0 Å². The first-order chi connectivity index (χ1) is 7.83. The summed E-state index contributed by atoms with van der Waals surface area (Å²) in [5.41, 5.74) is 2.64. The Labute approximate surface area is 96.9 Å². The van der Waals surface area contributed by atoms with Gasteiger partial charge in [0.25, 0.3) is 0 Å². The number of hydrogen-bond donors (Lipinski definition) is 1. The number of anilines is 1. The molecular formula is C13H19N3. The summed E-state index contributed by atoms with van der Waals surface area (Å²) in [6.45, 7) is 4.47. The fourth-order valence-corrected chi connectivity index (χ4v) is 2.49. The van der Waals surface area contributed by atoms with Crippen molar-refractivity contribution < 1.29 is 0 Å². The van der Waals surface area contributed by atoms with Gasteiger partial charge in [0.1, 0.15) is 0 Å². The van der Waals surface area contributed by atoms with E-state index in [-0.39, 0.29) is 0 Å². The van der Waals surface area contributed by atoms with E-state index >= 15 is 0 Å². The van der Waals surface area contributed by atoms with Gasteiger partial charge in [0, 0.05) is 31.4 Å². The van der Waals surface area contributed by atoms with Crippen molar-refractivity contribution in [1.82, 2.24) is 10.3 Å². The minimum absolute atomic E-state index is 0.687. The van der Waals surface area contributed by atoms with Gasteiger partial charge in [0.15, 0.2) is 0 Å². The van der Waals surface area contributed by atoms with Crippen LogP contribution in [0.1, 0.15) is 24.8 Å². The van der Waals surface area contributed by atoms with E-state index in [0.29, 0.717) is 6.04 Å². The largest absolute Gasteiger partial charge is 0.368 e. The van der Waals surface area contributed by atoms with E-state index < -0.39 is 0 Å². The van der Waals surface area contributed by atoms with E-state index in [9.17, 15) is 0 Å². The Kier molecular flexibility index (Phi) is 2.56. The molecule has 3 nitrogen and oxygen atoms in total. The summed E-state index contributed by atoms with van der Waals surface area (Å²) in [4.78, 5) is 6.69. The standard InChI is InChI=1S/C13H19N3/c1-10-4-6-14-8-13(10)16-7-5-12(9-16)15-11-2-3-11/h4,6,8,11-12,15H,2-3,5,7,9H2,1H3. The van der Waals surface area contributed by atoms with Crippen LogP contribution in [0, 0.1) is 6.92 Å². The zero-order chi connectivity index (χ0) is 11.0. The molecule has 1 aliphatic heterocycles. The predicted molar refractivity (Wildman–Crippen MR) is 65.7 cm³/mol. The van der Waals surface area contributed by atoms with Crippen molar-refractivity contribution in [1.29, 1.82) is 0 Å². The number of aryl methyl sites for hydroxylation is 1. The molecule has 2 heterocycles. The molecular weight excluding hydrogens is 198 g/mol. The molecule has 1 aliphatic carbocycles. The lowest BCUT2D eigenvalue weighted by molar-refractivity contribution is 0.548. The monoisotopic (exact) mass is 217 g/mol. The molecule has 2 fully saturated rings. The van der Waals surface area contributed by atoms with Crippen LogP contribution in [0.3, 0.4) is 0 Å². The normalized spacial score (nSPS) is 25.1. The fraction of sp³-hybridized carbons (Fsp3) is 0.615. The van der Waals surface area contributed by atoms with Crippen molar-refractivity contribution in [2.45, 2.75) is 38.3 Å². The summed E-state index contributed by atoms with van der Waals surface area (Å²) >= 11 is 0. The molecule has 1 atom stereocenters. The second-order valence-electron chi connectivity index (χ2n) is 5.03. The van der Waals surface area contributed by atoms with E-state index in [1.165, 1.54) is 30.5 Å². The molecule has 16 heavy (non-hydrogen) atoms. The average Bonchev–Trinajstić information content (AvgIpc) is 2.97. The van der Waals surface area contributed by atoms with Gasteiger partial charge >= 0.3 is 0 Å². The van der Waals surface area contributed by atoms with Crippen LogP contribution in [-0.4, -0.2) is 30.2 Å². The lowest BCUT2D eigenvalue weighted by Crippen LogP contribution is -2.34. The van der Waals surface area contributed by atoms with Crippen LogP contribution in [-0.2, 0) is 0 Å². The third-order valence-electron chi connectivity index (χ3n) is 3.59. The molecule has 1 unspecified atom stereocenters. The molecule has 0 bridgehead atoms. The summed E-state index contributed by atoms with van der Waals surface area (Å²) < 4.78 is 0. The van der Waals surface area contributed by atoms with Gasteiger partial charge in [0.2, 0.25) is 0 Å². The Morgan fingerprint density at radius 3 is 2.94 bits per heavy atom. The van der Waals surface area contributed by atoms with Crippen LogP contribution < -0.4 is 10.2 Å². The number of pyridine rings is 1. The molecule has 1 saturated heterocycles. The molecule has 86 valence electrons. The fourth-order valence-electron chi connectivity index (χ4n) is 2.49. The molecule has 0 amide bonds. The Balaban J connectivity index is 1.66. The number of nitrogens with zero attached hydrogens (tertiary/aromatic N) is 2. The van der Waals surface area contributed by atoms with Gasteiger partial charge in [-0.15, -0.1) is 0 Å².